The fourth-order valence-electron chi connectivity index (χ4n) is 3.94. The summed E-state index contributed by atoms with van der Waals surface area (Å²) in [4.78, 5) is 12.2. The first-order valence-corrected chi connectivity index (χ1v) is 8.93. The molecule has 0 aromatic heterocycles. The monoisotopic (exact) mass is 352 g/mol. The minimum absolute atomic E-state index is 0. The molecular weight excluding hydrogens is 324 g/mol. The van der Waals surface area contributed by atoms with Crippen LogP contribution in [0.15, 0.2) is 30.3 Å². The quantitative estimate of drug-likeness (QED) is 0.855. The van der Waals surface area contributed by atoms with E-state index in [2.05, 4.69) is 17.4 Å². The van der Waals surface area contributed by atoms with Crippen LogP contribution < -0.4 is 11.1 Å². The highest BCUT2D eigenvalue weighted by Crippen LogP contribution is 2.33. The molecule has 1 amide bonds. The van der Waals surface area contributed by atoms with Crippen molar-refractivity contribution in [2.75, 3.05) is 13.2 Å². The van der Waals surface area contributed by atoms with Gasteiger partial charge in [0.15, 0.2) is 0 Å². The zero-order valence-corrected chi connectivity index (χ0v) is 15.0. The lowest BCUT2D eigenvalue weighted by atomic mass is 9.89. The molecule has 1 saturated heterocycles. The van der Waals surface area contributed by atoms with Crippen LogP contribution in [0.3, 0.4) is 0 Å². The highest BCUT2D eigenvalue weighted by atomic mass is 35.5. The van der Waals surface area contributed by atoms with Crippen molar-refractivity contribution in [2.45, 2.75) is 50.7 Å². The third-order valence-electron chi connectivity index (χ3n) is 5.30. The molecule has 1 aliphatic heterocycles. The molecule has 1 aromatic carbocycles. The summed E-state index contributed by atoms with van der Waals surface area (Å²) in [5, 5.41) is 3.13. The third-order valence-corrected chi connectivity index (χ3v) is 5.30. The lowest BCUT2D eigenvalue weighted by molar-refractivity contribution is -0.122. The average Bonchev–Trinajstić information content (AvgIpc) is 2.99. The van der Waals surface area contributed by atoms with Crippen LogP contribution in [0, 0.1) is 11.8 Å². The Kier molecular flexibility index (Phi) is 7.53. The van der Waals surface area contributed by atoms with Gasteiger partial charge in [-0.25, -0.2) is 0 Å². The van der Waals surface area contributed by atoms with Gasteiger partial charge >= 0.3 is 0 Å². The first-order chi connectivity index (χ1) is 11.2. The van der Waals surface area contributed by atoms with E-state index >= 15 is 0 Å². The summed E-state index contributed by atoms with van der Waals surface area (Å²) in [6.45, 7) is 1.50. The van der Waals surface area contributed by atoms with Gasteiger partial charge in [-0.3, -0.25) is 4.79 Å². The van der Waals surface area contributed by atoms with E-state index in [-0.39, 0.29) is 30.5 Å². The van der Waals surface area contributed by atoms with Crippen LogP contribution in [0.2, 0.25) is 0 Å². The molecule has 5 heteroatoms. The summed E-state index contributed by atoms with van der Waals surface area (Å²) in [5.74, 6) is 0.861. The smallest absolute Gasteiger partial charge is 0.220 e. The summed E-state index contributed by atoms with van der Waals surface area (Å²) < 4.78 is 5.99. The van der Waals surface area contributed by atoms with E-state index in [1.54, 1.807) is 0 Å². The van der Waals surface area contributed by atoms with Crippen LogP contribution >= 0.6 is 12.4 Å². The molecule has 1 heterocycles. The Balaban J connectivity index is 0.00000208. The van der Waals surface area contributed by atoms with Crippen LogP contribution in [0.1, 0.15) is 50.2 Å². The minimum Gasteiger partial charge on any atom is -0.373 e. The fourth-order valence-corrected chi connectivity index (χ4v) is 3.94. The predicted octanol–water partition coefficient (Wildman–Crippen LogP) is 3.21. The maximum Gasteiger partial charge on any atom is 0.220 e. The maximum absolute atomic E-state index is 12.2. The second-order valence-electron chi connectivity index (χ2n) is 6.97. The maximum atomic E-state index is 12.2. The van der Waals surface area contributed by atoms with E-state index in [0.29, 0.717) is 24.8 Å². The molecule has 2 unspecified atom stereocenters. The fraction of sp³-hybridized carbons (Fsp3) is 0.632. The van der Waals surface area contributed by atoms with Crippen molar-refractivity contribution in [3.8, 4) is 0 Å². The van der Waals surface area contributed by atoms with E-state index in [9.17, 15) is 4.79 Å². The standard InChI is InChI=1S/C19H28N2O2.ClH/c20-17-10-4-8-15(17)12-18(22)21-13-16-9-5-11-23-19(16)14-6-2-1-3-7-14;/h1-3,6-7,15-17,19H,4-5,8-13,20H2,(H,21,22);1H/t15-,16?,17+,19?;/m0./s1. The number of benzene rings is 1. The molecule has 0 bridgehead atoms. The molecule has 0 spiro atoms. The topological polar surface area (TPSA) is 64.4 Å². The molecule has 4 nitrogen and oxygen atoms in total. The Labute approximate surface area is 150 Å². The van der Waals surface area contributed by atoms with Crippen LogP contribution in [-0.2, 0) is 9.53 Å². The van der Waals surface area contributed by atoms with E-state index in [1.807, 2.05) is 18.2 Å². The molecule has 1 aliphatic carbocycles. The van der Waals surface area contributed by atoms with Gasteiger partial charge in [0.1, 0.15) is 0 Å². The Morgan fingerprint density at radius 3 is 2.58 bits per heavy atom. The number of nitrogens with one attached hydrogen (secondary N) is 1. The van der Waals surface area contributed by atoms with Gasteiger partial charge in [0, 0.05) is 31.5 Å². The van der Waals surface area contributed by atoms with Crippen molar-refractivity contribution >= 4 is 18.3 Å². The number of carbonyl (C=O) groups is 1. The number of carbonyl (C=O) groups excluding carboxylic acids is 1. The number of hydrogen-bond donors (Lipinski definition) is 2. The van der Waals surface area contributed by atoms with Crippen LogP contribution in [0.25, 0.3) is 0 Å². The normalized spacial score (nSPS) is 29.7. The molecule has 3 rings (SSSR count). The molecule has 1 aromatic rings. The molecule has 2 fully saturated rings. The van der Waals surface area contributed by atoms with E-state index < -0.39 is 0 Å². The van der Waals surface area contributed by atoms with Gasteiger partial charge in [-0.15, -0.1) is 12.4 Å². The summed E-state index contributed by atoms with van der Waals surface area (Å²) in [6.07, 6.45) is 6.15. The number of amides is 1. The highest BCUT2D eigenvalue weighted by molar-refractivity contribution is 5.85. The summed E-state index contributed by atoms with van der Waals surface area (Å²) >= 11 is 0. The lowest BCUT2D eigenvalue weighted by Gasteiger charge is -2.32. The van der Waals surface area contributed by atoms with Crippen LogP contribution in [0.4, 0.5) is 0 Å². The number of nitrogens with two attached hydrogens (primary N) is 1. The van der Waals surface area contributed by atoms with Crippen molar-refractivity contribution in [2.24, 2.45) is 17.6 Å². The number of hydrogen-bond acceptors (Lipinski definition) is 3. The lowest BCUT2D eigenvalue weighted by Crippen LogP contribution is -2.37. The van der Waals surface area contributed by atoms with Crippen molar-refractivity contribution in [1.82, 2.24) is 5.32 Å². The number of rotatable bonds is 5. The molecule has 134 valence electrons. The third kappa shape index (κ3) is 4.95. The van der Waals surface area contributed by atoms with Gasteiger partial charge in [-0.1, -0.05) is 36.8 Å². The second kappa shape index (κ2) is 9.40. The zero-order chi connectivity index (χ0) is 16.1. The van der Waals surface area contributed by atoms with Gasteiger partial charge < -0.3 is 15.8 Å². The van der Waals surface area contributed by atoms with Gasteiger partial charge in [0.25, 0.3) is 0 Å². The van der Waals surface area contributed by atoms with E-state index in [4.69, 9.17) is 10.5 Å². The first kappa shape index (κ1) is 19.2. The van der Waals surface area contributed by atoms with Gasteiger partial charge in [0.05, 0.1) is 6.10 Å². The Bertz CT molecular complexity index is 511. The van der Waals surface area contributed by atoms with Gasteiger partial charge in [-0.2, -0.15) is 0 Å². The molecule has 1 saturated carbocycles. The van der Waals surface area contributed by atoms with Crippen molar-refractivity contribution in [3.63, 3.8) is 0 Å². The first-order valence-electron chi connectivity index (χ1n) is 8.93. The Morgan fingerprint density at radius 1 is 1.12 bits per heavy atom. The number of ether oxygens (including phenoxy) is 1. The number of halogens is 1. The summed E-state index contributed by atoms with van der Waals surface area (Å²) in [5.41, 5.74) is 7.28. The van der Waals surface area contributed by atoms with Crippen LogP contribution in [-0.4, -0.2) is 25.1 Å². The molecule has 3 N–H and O–H groups in total. The highest BCUT2D eigenvalue weighted by Gasteiger charge is 2.29. The zero-order valence-electron chi connectivity index (χ0n) is 14.2. The van der Waals surface area contributed by atoms with Crippen LogP contribution in [0.5, 0.6) is 0 Å². The van der Waals surface area contributed by atoms with Crippen molar-refractivity contribution in [3.05, 3.63) is 35.9 Å². The summed E-state index contributed by atoms with van der Waals surface area (Å²) in [6, 6.07) is 10.5. The molecule has 4 atom stereocenters. The molecular formula is C19H29ClN2O2. The largest absolute Gasteiger partial charge is 0.373 e. The Morgan fingerprint density at radius 2 is 1.88 bits per heavy atom. The average molecular weight is 353 g/mol. The van der Waals surface area contributed by atoms with Crippen molar-refractivity contribution < 1.29 is 9.53 Å². The minimum atomic E-state index is 0. The summed E-state index contributed by atoms with van der Waals surface area (Å²) in [7, 11) is 0. The second-order valence-corrected chi connectivity index (χ2v) is 6.97. The predicted molar refractivity (Wildman–Crippen MR) is 98.1 cm³/mol. The van der Waals surface area contributed by atoms with Gasteiger partial charge in [0.2, 0.25) is 5.91 Å². The molecule has 0 radical (unpaired) electrons. The Hall–Kier alpha value is -1.10. The molecule has 2 aliphatic rings. The van der Waals surface area contributed by atoms with E-state index in [1.165, 1.54) is 5.56 Å². The molecule has 24 heavy (non-hydrogen) atoms. The van der Waals surface area contributed by atoms with Gasteiger partial charge in [-0.05, 0) is 37.2 Å². The van der Waals surface area contributed by atoms with E-state index in [0.717, 1.165) is 38.7 Å². The SMILES string of the molecule is Cl.N[C@@H]1CCC[C@H]1CC(=O)NCC1CCCOC1c1ccccc1. The van der Waals surface area contributed by atoms with Crippen molar-refractivity contribution in [1.29, 1.82) is 0 Å².